The Morgan fingerprint density at radius 1 is 1.47 bits per heavy atom. The summed E-state index contributed by atoms with van der Waals surface area (Å²) in [5, 5.41) is 0. The molecule has 1 fully saturated rings. The normalized spacial score (nSPS) is 20.7. The van der Waals surface area contributed by atoms with Crippen LogP contribution in [0.3, 0.4) is 0 Å². The summed E-state index contributed by atoms with van der Waals surface area (Å²) in [5.74, 6) is 1.79. The predicted molar refractivity (Wildman–Crippen MR) is 71.1 cm³/mol. The van der Waals surface area contributed by atoms with Crippen molar-refractivity contribution in [2.75, 3.05) is 25.4 Å². The summed E-state index contributed by atoms with van der Waals surface area (Å²) in [6.45, 7) is 8.33. The Hall–Kier alpha value is -1.22. The molecule has 0 spiro atoms. The predicted octanol–water partition coefficient (Wildman–Crippen LogP) is 2.51. The number of nitrogens with two attached hydrogens (primary N) is 1. The molecular formula is C14H22N2O. The van der Waals surface area contributed by atoms with Gasteiger partial charge in [-0.2, -0.15) is 0 Å². The maximum atomic E-state index is 5.85. The van der Waals surface area contributed by atoms with Crippen molar-refractivity contribution in [3.05, 3.63) is 23.8 Å². The van der Waals surface area contributed by atoms with E-state index in [4.69, 9.17) is 10.5 Å². The Kier molecular flexibility index (Phi) is 3.89. The number of hydrogen-bond acceptors (Lipinski definition) is 3. The molecule has 3 heteroatoms. The summed E-state index contributed by atoms with van der Waals surface area (Å²) in [4.78, 5) is 2.47. The summed E-state index contributed by atoms with van der Waals surface area (Å²) in [6.07, 6.45) is 1.30. The van der Waals surface area contributed by atoms with Gasteiger partial charge >= 0.3 is 0 Å². The van der Waals surface area contributed by atoms with Crippen molar-refractivity contribution >= 4 is 5.69 Å². The first-order valence-electron chi connectivity index (χ1n) is 6.42. The lowest BCUT2D eigenvalue weighted by Crippen LogP contribution is -2.20. The van der Waals surface area contributed by atoms with Gasteiger partial charge in [0, 0.05) is 24.3 Å². The molecule has 0 bridgehead atoms. The van der Waals surface area contributed by atoms with Crippen LogP contribution in [0.5, 0.6) is 5.75 Å². The van der Waals surface area contributed by atoms with Gasteiger partial charge < -0.3 is 10.5 Å². The van der Waals surface area contributed by atoms with Crippen LogP contribution >= 0.6 is 0 Å². The van der Waals surface area contributed by atoms with Crippen LogP contribution in [0, 0.1) is 5.92 Å². The minimum Gasteiger partial charge on any atom is -0.494 e. The van der Waals surface area contributed by atoms with Gasteiger partial charge in [0.2, 0.25) is 0 Å². The van der Waals surface area contributed by atoms with Gasteiger partial charge in [-0.3, -0.25) is 4.90 Å². The molecule has 1 unspecified atom stereocenters. The maximum Gasteiger partial charge on any atom is 0.123 e. The number of ether oxygens (including phenoxy) is 1. The van der Waals surface area contributed by atoms with Crippen LogP contribution in [0.15, 0.2) is 18.2 Å². The van der Waals surface area contributed by atoms with Crippen LogP contribution in [-0.4, -0.2) is 24.6 Å². The fourth-order valence-electron chi connectivity index (χ4n) is 2.43. The molecule has 3 nitrogen and oxygen atoms in total. The third-order valence-electron chi connectivity index (χ3n) is 3.29. The summed E-state index contributed by atoms with van der Waals surface area (Å²) in [6, 6.07) is 5.92. The highest BCUT2D eigenvalue weighted by molar-refractivity contribution is 5.47. The lowest BCUT2D eigenvalue weighted by Gasteiger charge is -2.18. The fraction of sp³-hybridized carbons (Fsp3) is 0.571. The Balaban J connectivity index is 2.10. The van der Waals surface area contributed by atoms with Crippen molar-refractivity contribution in [1.29, 1.82) is 0 Å². The van der Waals surface area contributed by atoms with Crippen LogP contribution < -0.4 is 10.5 Å². The van der Waals surface area contributed by atoms with Crippen LogP contribution in [0.25, 0.3) is 0 Å². The van der Waals surface area contributed by atoms with E-state index in [0.717, 1.165) is 23.9 Å². The Bertz CT molecular complexity index is 378. The highest BCUT2D eigenvalue weighted by atomic mass is 16.5. The molecule has 0 aromatic heterocycles. The zero-order valence-corrected chi connectivity index (χ0v) is 10.8. The van der Waals surface area contributed by atoms with Gasteiger partial charge in [0.25, 0.3) is 0 Å². The number of hydrogen-bond donors (Lipinski definition) is 1. The minimum atomic E-state index is 0.702. The SMILES string of the molecule is CCOc1ccc(N)cc1CN1CCC(C)C1. The Morgan fingerprint density at radius 2 is 2.29 bits per heavy atom. The Morgan fingerprint density at radius 3 is 2.94 bits per heavy atom. The second-order valence-electron chi connectivity index (χ2n) is 4.93. The van der Waals surface area contributed by atoms with E-state index in [0.29, 0.717) is 6.61 Å². The monoisotopic (exact) mass is 234 g/mol. The number of nitrogen functional groups attached to an aromatic ring is 1. The van der Waals surface area contributed by atoms with Gasteiger partial charge in [0.05, 0.1) is 6.61 Å². The quantitative estimate of drug-likeness (QED) is 0.814. The maximum absolute atomic E-state index is 5.85. The third-order valence-corrected chi connectivity index (χ3v) is 3.29. The summed E-state index contributed by atoms with van der Waals surface area (Å²) >= 11 is 0. The molecule has 2 rings (SSSR count). The molecule has 2 N–H and O–H groups in total. The van der Waals surface area contributed by atoms with Gasteiger partial charge in [0.1, 0.15) is 5.75 Å². The van der Waals surface area contributed by atoms with E-state index in [9.17, 15) is 0 Å². The molecule has 17 heavy (non-hydrogen) atoms. The van der Waals surface area contributed by atoms with Crippen LogP contribution in [0.2, 0.25) is 0 Å². The fourth-order valence-corrected chi connectivity index (χ4v) is 2.43. The lowest BCUT2D eigenvalue weighted by molar-refractivity contribution is 0.299. The van der Waals surface area contributed by atoms with Gasteiger partial charge in [-0.05, 0) is 44.0 Å². The highest BCUT2D eigenvalue weighted by Gasteiger charge is 2.19. The molecule has 0 radical (unpaired) electrons. The van der Waals surface area contributed by atoms with Gasteiger partial charge in [-0.25, -0.2) is 0 Å². The number of rotatable bonds is 4. The number of likely N-dealkylation sites (tertiary alicyclic amines) is 1. The van der Waals surface area contributed by atoms with Gasteiger partial charge in [-0.1, -0.05) is 6.92 Å². The summed E-state index contributed by atoms with van der Waals surface area (Å²) in [7, 11) is 0. The molecule has 1 aliphatic heterocycles. The average molecular weight is 234 g/mol. The second kappa shape index (κ2) is 5.41. The van der Waals surface area contributed by atoms with Crippen molar-refractivity contribution in [3.8, 4) is 5.75 Å². The molecule has 1 saturated heterocycles. The molecule has 0 amide bonds. The highest BCUT2D eigenvalue weighted by Crippen LogP contribution is 2.25. The zero-order valence-electron chi connectivity index (χ0n) is 10.8. The third kappa shape index (κ3) is 3.13. The van der Waals surface area contributed by atoms with Crippen molar-refractivity contribution < 1.29 is 4.74 Å². The van der Waals surface area contributed by atoms with Crippen molar-refractivity contribution in [2.24, 2.45) is 5.92 Å². The van der Waals surface area contributed by atoms with Crippen molar-refractivity contribution in [1.82, 2.24) is 4.90 Å². The summed E-state index contributed by atoms with van der Waals surface area (Å²) in [5.41, 5.74) is 7.88. The first kappa shape index (κ1) is 12.2. The second-order valence-corrected chi connectivity index (χ2v) is 4.93. The van der Waals surface area contributed by atoms with E-state index in [1.165, 1.54) is 25.1 Å². The average Bonchev–Trinajstić information content (AvgIpc) is 2.68. The molecule has 1 atom stereocenters. The van der Waals surface area contributed by atoms with E-state index in [1.54, 1.807) is 0 Å². The largest absolute Gasteiger partial charge is 0.494 e. The van der Waals surface area contributed by atoms with Crippen LogP contribution in [0.1, 0.15) is 25.8 Å². The number of nitrogens with zero attached hydrogens (tertiary/aromatic N) is 1. The molecule has 1 aromatic rings. The molecular weight excluding hydrogens is 212 g/mol. The van der Waals surface area contributed by atoms with E-state index >= 15 is 0 Å². The molecule has 1 aliphatic rings. The lowest BCUT2D eigenvalue weighted by atomic mass is 10.1. The van der Waals surface area contributed by atoms with Gasteiger partial charge in [-0.15, -0.1) is 0 Å². The molecule has 94 valence electrons. The smallest absolute Gasteiger partial charge is 0.123 e. The molecule has 1 aromatic carbocycles. The first-order chi connectivity index (χ1) is 8.19. The van der Waals surface area contributed by atoms with Crippen LogP contribution in [0.4, 0.5) is 5.69 Å². The van der Waals surface area contributed by atoms with Crippen molar-refractivity contribution in [3.63, 3.8) is 0 Å². The molecule has 0 aliphatic carbocycles. The molecule has 1 heterocycles. The van der Waals surface area contributed by atoms with E-state index < -0.39 is 0 Å². The van der Waals surface area contributed by atoms with E-state index in [2.05, 4.69) is 11.8 Å². The zero-order chi connectivity index (χ0) is 12.3. The van der Waals surface area contributed by atoms with Crippen molar-refractivity contribution in [2.45, 2.75) is 26.8 Å². The first-order valence-corrected chi connectivity index (χ1v) is 6.42. The van der Waals surface area contributed by atoms with E-state index in [-0.39, 0.29) is 0 Å². The number of anilines is 1. The topological polar surface area (TPSA) is 38.5 Å². The minimum absolute atomic E-state index is 0.702. The summed E-state index contributed by atoms with van der Waals surface area (Å²) < 4.78 is 5.65. The number of benzene rings is 1. The molecule has 0 saturated carbocycles. The van der Waals surface area contributed by atoms with E-state index in [1.807, 2.05) is 25.1 Å². The van der Waals surface area contributed by atoms with Crippen LogP contribution in [-0.2, 0) is 6.54 Å². The van der Waals surface area contributed by atoms with Gasteiger partial charge in [0.15, 0.2) is 0 Å². The standard InChI is InChI=1S/C14H22N2O/c1-3-17-14-5-4-13(15)8-12(14)10-16-7-6-11(2)9-16/h4-5,8,11H,3,6-7,9-10,15H2,1-2H3. The Labute approximate surface area is 104 Å².